The molecule has 0 saturated carbocycles. The molecule has 0 atom stereocenters. The fourth-order valence-corrected chi connectivity index (χ4v) is 3.81. The van der Waals surface area contributed by atoms with Crippen LogP contribution in [-0.4, -0.2) is 42.4 Å². The van der Waals surface area contributed by atoms with Gasteiger partial charge in [-0.3, -0.25) is 4.79 Å². The Kier molecular flexibility index (Phi) is 6.63. The second-order valence-electron chi connectivity index (χ2n) is 8.11. The van der Waals surface area contributed by atoms with E-state index in [1.807, 2.05) is 42.5 Å². The molecule has 1 aromatic heterocycles. The SMILES string of the molecule is O=C(Nc1ccc(N2CCOCC2)cc1)c1ccc(Nc2ccc(-c3ccc(F)cc3)nn2)cc1. The minimum Gasteiger partial charge on any atom is -0.378 e. The van der Waals surface area contributed by atoms with Gasteiger partial charge in [-0.25, -0.2) is 4.39 Å². The number of hydrogen-bond donors (Lipinski definition) is 2. The van der Waals surface area contributed by atoms with Crippen molar-refractivity contribution in [2.75, 3.05) is 41.8 Å². The summed E-state index contributed by atoms with van der Waals surface area (Å²) in [6, 6.07) is 24.7. The molecule has 1 saturated heterocycles. The standard InChI is InChI=1S/C27H24FN5O2/c28-21-5-1-19(2-6-21)25-13-14-26(32-31-25)29-22-7-3-20(4-8-22)27(34)30-23-9-11-24(12-10-23)33-15-17-35-18-16-33/h1-14H,15-18H2,(H,29,32)(H,30,34). The summed E-state index contributed by atoms with van der Waals surface area (Å²) in [7, 11) is 0. The Bertz CT molecular complexity index is 1270. The van der Waals surface area contributed by atoms with Crippen LogP contribution in [0.3, 0.4) is 0 Å². The summed E-state index contributed by atoms with van der Waals surface area (Å²) in [6.07, 6.45) is 0. The van der Waals surface area contributed by atoms with E-state index in [2.05, 4.69) is 25.7 Å². The first-order valence-electron chi connectivity index (χ1n) is 11.3. The summed E-state index contributed by atoms with van der Waals surface area (Å²) < 4.78 is 18.5. The van der Waals surface area contributed by atoms with Gasteiger partial charge in [0.25, 0.3) is 5.91 Å². The topological polar surface area (TPSA) is 79.4 Å². The van der Waals surface area contributed by atoms with Gasteiger partial charge in [0, 0.05) is 41.3 Å². The number of nitrogens with one attached hydrogen (secondary N) is 2. The molecular weight excluding hydrogens is 445 g/mol. The Morgan fingerprint density at radius 3 is 2.14 bits per heavy atom. The Morgan fingerprint density at radius 2 is 1.49 bits per heavy atom. The molecule has 8 heteroatoms. The molecule has 35 heavy (non-hydrogen) atoms. The molecule has 0 bridgehead atoms. The van der Waals surface area contributed by atoms with E-state index >= 15 is 0 Å². The molecule has 1 aliphatic rings. The molecule has 2 heterocycles. The highest BCUT2D eigenvalue weighted by Gasteiger charge is 2.12. The van der Waals surface area contributed by atoms with E-state index in [4.69, 9.17) is 4.74 Å². The van der Waals surface area contributed by atoms with E-state index in [0.717, 1.165) is 48.9 Å². The van der Waals surface area contributed by atoms with Crippen molar-refractivity contribution in [3.05, 3.63) is 96.3 Å². The molecule has 4 aromatic rings. The number of ether oxygens (including phenoxy) is 1. The normalized spacial score (nSPS) is 13.3. The van der Waals surface area contributed by atoms with Crippen molar-refractivity contribution in [3.8, 4) is 11.3 Å². The Balaban J connectivity index is 1.18. The minimum absolute atomic E-state index is 0.181. The molecule has 7 nitrogen and oxygen atoms in total. The molecule has 176 valence electrons. The maximum absolute atomic E-state index is 13.1. The molecule has 5 rings (SSSR count). The lowest BCUT2D eigenvalue weighted by Crippen LogP contribution is -2.36. The molecule has 2 N–H and O–H groups in total. The zero-order valence-corrected chi connectivity index (χ0v) is 18.9. The molecule has 1 fully saturated rings. The minimum atomic E-state index is -0.293. The number of halogens is 1. The number of carbonyl (C=O) groups is 1. The maximum Gasteiger partial charge on any atom is 0.255 e. The third-order valence-corrected chi connectivity index (χ3v) is 5.73. The van der Waals surface area contributed by atoms with Gasteiger partial charge in [-0.15, -0.1) is 10.2 Å². The van der Waals surface area contributed by atoms with E-state index in [1.165, 1.54) is 12.1 Å². The summed E-state index contributed by atoms with van der Waals surface area (Å²) in [4.78, 5) is 14.9. The number of benzene rings is 3. The summed E-state index contributed by atoms with van der Waals surface area (Å²) in [5.41, 5.74) is 4.63. The van der Waals surface area contributed by atoms with Crippen LogP contribution in [0, 0.1) is 5.82 Å². The Hall–Kier alpha value is -4.30. The summed E-state index contributed by atoms with van der Waals surface area (Å²) >= 11 is 0. The third-order valence-electron chi connectivity index (χ3n) is 5.73. The van der Waals surface area contributed by atoms with Crippen LogP contribution in [0.2, 0.25) is 0 Å². The van der Waals surface area contributed by atoms with Crippen LogP contribution in [0.4, 0.5) is 27.3 Å². The van der Waals surface area contributed by atoms with Gasteiger partial charge in [0.15, 0.2) is 5.82 Å². The largest absolute Gasteiger partial charge is 0.378 e. The molecule has 0 radical (unpaired) electrons. The van der Waals surface area contributed by atoms with Gasteiger partial charge in [0.05, 0.1) is 18.9 Å². The van der Waals surface area contributed by atoms with Crippen molar-refractivity contribution in [1.29, 1.82) is 0 Å². The second kappa shape index (κ2) is 10.3. The monoisotopic (exact) mass is 469 g/mol. The smallest absolute Gasteiger partial charge is 0.255 e. The average molecular weight is 470 g/mol. The van der Waals surface area contributed by atoms with Crippen molar-refractivity contribution in [2.24, 2.45) is 0 Å². The van der Waals surface area contributed by atoms with Gasteiger partial charge >= 0.3 is 0 Å². The molecule has 0 aliphatic carbocycles. The first-order valence-corrected chi connectivity index (χ1v) is 11.3. The predicted octanol–water partition coefficient (Wildman–Crippen LogP) is 5.12. The zero-order chi connectivity index (χ0) is 24.0. The Morgan fingerprint density at radius 1 is 0.800 bits per heavy atom. The van der Waals surface area contributed by atoms with Crippen molar-refractivity contribution >= 4 is 28.8 Å². The zero-order valence-electron chi connectivity index (χ0n) is 18.9. The van der Waals surface area contributed by atoms with Crippen LogP contribution >= 0.6 is 0 Å². The number of nitrogens with zero attached hydrogens (tertiary/aromatic N) is 3. The first-order chi connectivity index (χ1) is 17.1. The third kappa shape index (κ3) is 5.62. The van der Waals surface area contributed by atoms with Gasteiger partial charge in [0.2, 0.25) is 0 Å². The molecule has 0 spiro atoms. The van der Waals surface area contributed by atoms with Gasteiger partial charge in [-0.2, -0.15) is 0 Å². The highest BCUT2D eigenvalue weighted by atomic mass is 19.1. The number of morpholine rings is 1. The molecule has 1 aliphatic heterocycles. The van der Waals surface area contributed by atoms with Crippen LogP contribution in [-0.2, 0) is 4.74 Å². The van der Waals surface area contributed by atoms with Crippen LogP contribution < -0.4 is 15.5 Å². The highest BCUT2D eigenvalue weighted by molar-refractivity contribution is 6.04. The van der Waals surface area contributed by atoms with Crippen LogP contribution in [0.15, 0.2) is 84.9 Å². The van der Waals surface area contributed by atoms with Crippen molar-refractivity contribution in [1.82, 2.24) is 10.2 Å². The lowest BCUT2D eigenvalue weighted by atomic mass is 10.1. The van der Waals surface area contributed by atoms with E-state index in [-0.39, 0.29) is 11.7 Å². The van der Waals surface area contributed by atoms with E-state index < -0.39 is 0 Å². The van der Waals surface area contributed by atoms with Crippen LogP contribution in [0.5, 0.6) is 0 Å². The first kappa shape index (κ1) is 22.5. The number of anilines is 4. The predicted molar refractivity (Wildman–Crippen MR) is 135 cm³/mol. The van der Waals surface area contributed by atoms with Crippen LogP contribution in [0.1, 0.15) is 10.4 Å². The second-order valence-corrected chi connectivity index (χ2v) is 8.11. The number of aromatic nitrogens is 2. The van der Waals surface area contributed by atoms with Gasteiger partial charge in [-0.1, -0.05) is 0 Å². The fraction of sp³-hybridized carbons (Fsp3) is 0.148. The van der Waals surface area contributed by atoms with Crippen molar-refractivity contribution < 1.29 is 13.9 Å². The van der Waals surface area contributed by atoms with Crippen LogP contribution in [0.25, 0.3) is 11.3 Å². The van der Waals surface area contributed by atoms with E-state index in [0.29, 0.717) is 17.1 Å². The van der Waals surface area contributed by atoms with E-state index in [1.54, 1.807) is 30.3 Å². The Labute approximate surface area is 202 Å². The van der Waals surface area contributed by atoms with Gasteiger partial charge in [0.1, 0.15) is 5.82 Å². The lowest BCUT2D eigenvalue weighted by Gasteiger charge is -2.28. The number of hydrogen-bond acceptors (Lipinski definition) is 6. The van der Waals surface area contributed by atoms with Crippen molar-refractivity contribution in [3.63, 3.8) is 0 Å². The summed E-state index contributed by atoms with van der Waals surface area (Å²) in [6.45, 7) is 3.21. The highest BCUT2D eigenvalue weighted by Crippen LogP contribution is 2.22. The quantitative estimate of drug-likeness (QED) is 0.408. The molecule has 1 amide bonds. The average Bonchev–Trinajstić information content (AvgIpc) is 2.91. The molecule has 3 aromatic carbocycles. The van der Waals surface area contributed by atoms with Gasteiger partial charge < -0.3 is 20.3 Å². The number of carbonyl (C=O) groups excluding carboxylic acids is 1. The number of amides is 1. The summed E-state index contributed by atoms with van der Waals surface area (Å²) in [5, 5.41) is 14.5. The van der Waals surface area contributed by atoms with Crippen molar-refractivity contribution in [2.45, 2.75) is 0 Å². The molecular formula is C27H24FN5O2. The van der Waals surface area contributed by atoms with E-state index in [9.17, 15) is 9.18 Å². The summed E-state index contributed by atoms with van der Waals surface area (Å²) in [5.74, 6) is 0.0892. The lowest BCUT2D eigenvalue weighted by molar-refractivity contribution is 0.102. The maximum atomic E-state index is 13.1. The number of rotatable bonds is 6. The fourth-order valence-electron chi connectivity index (χ4n) is 3.81. The van der Waals surface area contributed by atoms with Gasteiger partial charge in [-0.05, 0) is 84.9 Å². The molecule has 0 unspecified atom stereocenters.